The zero-order chi connectivity index (χ0) is 29.0. The largest absolute Gasteiger partial charge is 0.508 e. The zero-order valence-corrected chi connectivity index (χ0v) is 25.0. The van der Waals surface area contributed by atoms with E-state index in [0.717, 1.165) is 24.8 Å². The number of nitrogens with zero attached hydrogens (tertiary/aromatic N) is 1. The topological polar surface area (TPSA) is 126 Å². The fraction of sp³-hybridized carbons (Fsp3) is 0.710. The van der Waals surface area contributed by atoms with Crippen LogP contribution in [0, 0.1) is 11.8 Å². The second kappa shape index (κ2) is 20.3. The number of benzene rings is 1. The van der Waals surface area contributed by atoms with Crippen molar-refractivity contribution in [3.8, 4) is 5.75 Å². The van der Waals surface area contributed by atoms with Crippen LogP contribution in [0.1, 0.15) is 104 Å². The van der Waals surface area contributed by atoms with Crippen LogP contribution < -0.4 is 16.4 Å². The Hall–Kier alpha value is -2.61. The number of amides is 2. The average Bonchev–Trinajstić information content (AvgIpc) is 2.92. The third-order valence-electron chi connectivity index (χ3n) is 7.23. The summed E-state index contributed by atoms with van der Waals surface area (Å²) >= 11 is 0. The van der Waals surface area contributed by atoms with E-state index in [1.165, 1.54) is 44.9 Å². The lowest BCUT2D eigenvalue weighted by Crippen LogP contribution is -2.56. The van der Waals surface area contributed by atoms with Gasteiger partial charge in [-0.2, -0.15) is 0 Å². The monoisotopic (exact) mass is 546 g/mol. The number of nitrogens with two attached hydrogens (primary N) is 1. The summed E-state index contributed by atoms with van der Waals surface area (Å²) in [7, 11) is 0. The number of aromatic hydroxyl groups is 1. The van der Waals surface area contributed by atoms with Gasteiger partial charge in [0.05, 0.1) is 18.3 Å². The first-order valence-corrected chi connectivity index (χ1v) is 15.0. The van der Waals surface area contributed by atoms with Gasteiger partial charge in [0.25, 0.3) is 0 Å². The standard InChI is InChI=1S/C31H54N4O4/c1-6-8-9-10-11-12-13-14-15-20-39-33-22-28(24(5)7-2)35-30(37)27(34-31(38)29(32)23(3)4)21-25-16-18-26(36)19-17-25/h16-19,22-24,27-29,36H,6-15,20-21,32H2,1-5H3,(H,34,38)(H,35,37)/t24-,27-,28+,29-/m0/s1. The lowest BCUT2D eigenvalue weighted by atomic mass is 9.98. The van der Waals surface area contributed by atoms with Crippen molar-refractivity contribution in [1.82, 2.24) is 10.6 Å². The summed E-state index contributed by atoms with van der Waals surface area (Å²) in [6, 6.07) is 4.70. The fourth-order valence-electron chi connectivity index (χ4n) is 4.13. The van der Waals surface area contributed by atoms with E-state index in [2.05, 4.69) is 29.6 Å². The average molecular weight is 547 g/mol. The number of hydrogen-bond donors (Lipinski definition) is 4. The van der Waals surface area contributed by atoms with Gasteiger partial charge in [0.1, 0.15) is 18.4 Å². The van der Waals surface area contributed by atoms with Gasteiger partial charge in [0.15, 0.2) is 0 Å². The minimum atomic E-state index is -0.824. The van der Waals surface area contributed by atoms with Crippen LogP contribution in [0.2, 0.25) is 0 Å². The van der Waals surface area contributed by atoms with E-state index in [4.69, 9.17) is 10.6 Å². The summed E-state index contributed by atoms with van der Waals surface area (Å²) < 4.78 is 0. The molecular weight excluding hydrogens is 492 g/mol. The molecule has 39 heavy (non-hydrogen) atoms. The number of oxime groups is 1. The second-order valence-electron chi connectivity index (χ2n) is 11.0. The second-order valence-corrected chi connectivity index (χ2v) is 11.0. The van der Waals surface area contributed by atoms with E-state index in [1.807, 2.05) is 20.8 Å². The molecule has 2 amide bonds. The third-order valence-corrected chi connectivity index (χ3v) is 7.23. The summed E-state index contributed by atoms with van der Waals surface area (Å²) in [6.45, 7) is 10.6. The van der Waals surface area contributed by atoms with Crippen LogP contribution in [0.15, 0.2) is 29.4 Å². The van der Waals surface area contributed by atoms with E-state index in [-0.39, 0.29) is 41.9 Å². The van der Waals surface area contributed by atoms with E-state index >= 15 is 0 Å². The van der Waals surface area contributed by atoms with Crippen molar-refractivity contribution in [2.75, 3.05) is 6.61 Å². The highest BCUT2D eigenvalue weighted by molar-refractivity contribution is 5.91. The quantitative estimate of drug-likeness (QED) is 0.0924. The summed E-state index contributed by atoms with van der Waals surface area (Å²) in [6.07, 6.45) is 14.0. The summed E-state index contributed by atoms with van der Waals surface area (Å²) in [5, 5.41) is 19.6. The van der Waals surface area contributed by atoms with Gasteiger partial charge in [-0.3, -0.25) is 9.59 Å². The van der Waals surface area contributed by atoms with Gasteiger partial charge >= 0.3 is 0 Å². The molecule has 8 heteroatoms. The van der Waals surface area contributed by atoms with Crippen LogP contribution in [-0.2, 0) is 20.8 Å². The Morgan fingerprint density at radius 2 is 1.51 bits per heavy atom. The molecule has 4 atom stereocenters. The summed E-state index contributed by atoms with van der Waals surface area (Å²) in [5.41, 5.74) is 6.84. The molecule has 8 nitrogen and oxygen atoms in total. The number of phenols is 1. The van der Waals surface area contributed by atoms with Gasteiger partial charge in [-0.15, -0.1) is 0 Å². The summed E-state index contributed by atoms with van der Waals surface area (Å²) in [5.74, 6) is -0.492. The van der Waals surface area contributed by atoms with Crippen LogP contribution in [0.4, 0.5) is 0 Å². The highest BCUT2D eigenvalue weighted by atomic mass is 16.6. The highest BCUT2D eigenvalue weighted by Crippen LogP contribution is 2.13. The van der Waals surface area contributed by atoms with Gasteiger partial charge in [-0.05, 0) is 42.4 Å². The number of phenolic OH excluding ortho intramolecular Hbond substituents is 1. The van der Waals surface area contributed by atoms with E-state index in [9.17, 15) is 14.7 Å². The van der Waals surface area contributed by atoms with Crippen LogP contribution in [-0.4, -0.2) is 47.9 Å². The number of unbranched alkanes of at least 4 members (excludes halogenated alkanes) is 8. The molecule has 0 saturated carbocycles. The molecule has 0 heterocycles. The summed E-state index contributed by atoms with van der Waals surface area (Å²) in [4.78, 5) is 31.6. The zero-order valence-electron chi connectivity index (χ0n) is 25.0. The van der Waals surface area contributed by atoms with Gasteiger partial charge in [-0.1, -0.05) is 103 Å². The smallest absolute Gasteiger partial charge is 0.243 e. The lowest BCUT2D eigenvalue weighted by Gasteiger charge is -2.26. The SMILES string of the molecule is CCCCCCCCCCCON=C[C@@H](NC(=O)[C@H](Cc1ccc(O)cc1)NC(=O)[C@@H](N)C(C)C)[C@@H](C)CC. The third kappa shape index (κ3) is 14.9. The predicted octanol–water partition coefficient (Wildman–Crippen LogP) is 5.47. The molecule has 0 radical (unpaired) electrons. The lowest BCUT2D eigenvalue weighted by molar-refractivity contribution is -0.130. The van der Waals surface area contributed by atoms with Crippen LogP contribution in [0.25, 0.3) is 0 Å². The van der Waals surface area contributed by atoms with Crippen LogP contribution in [0.3, 0.4) is 0 Å². The first-order chi connectivity index (χ1) is 18.7. The van der Waals surface area contributed by atoms with E-state index in [1.54, 1.807) is 30.5 Å². The maximum atomic E-state index is 13.4. The molecule has 222 valence electrons. The molecular formula is C31H54N4O4. The number of carbonyl (C=O) groups excluding carboxylic acids is 2. The Morgan fingerprint density at radius 3 is 2.08 bits per heavy atom. The fourth-order valence-corrected chi connectivity index (χ4v) is 4.13. The van der Waals surface area contributed by atoms with Crippen molar-refractivity contribution in [2.24, 2.45) is 22.7 Å². The first kappa shape index (κ1) is 34.4. The molecule has 0 saturated heterocycles. The van der Waals surface area contributed by atoms with E-state index < -0.39 is 12.1 Å². The Bertz CT molecular complexity index is 828. The van der Waals surface area contributed by atoms with Crippen molar-refractivity contribution in [2.45, 2.75) is 123 Å². The molecule has 5 N–H and O–H groups in total. The molecule has 1 aromatic rings. The number of hydrogen-bond acceptors (Lipinski definition) is 6. The molecule has 0 aromatic heterocycles. The van der Waals surface area contributed by atoms with Crippen molar-refractivity contribution in [3.63, 3.8) is 0 Å². The molecule has 0 aliphatic carbocycles. The molecule has 1 aromatic carbocycles. The van der Waals surface area contributed by atoms with Gasteiger partial charge in [0, 0.05) is 6.42 Å². The Morgan fingerprint density at radius 1 is 0.923 bits per heavy atom. The molecule has 0 fully saturated rings. The molecule has 0 unspecified atom stereocenters. The minimum Gasteiger partial charge on any atom is -0.508 e. The predicted molar refractivity (Wildman–Crippen MR) is 160 cm³/mol. The maximum absolute atomic E-state index is 13.4. The molecule has 0 aliphatic rings. The van der Waals surface area contributed by atoms with Gasteiger partial charge in [0.2, 0.25) is 11.8 Å². The van der Waals surface area contributed by atoms with Crippen molar-refractivity contribution >= 4 is 18.0 Å². The highest BCUT2D eigenvalue weighted by Gasteiger charge is 2.28. The van der Waals surface area contributed by atoms with Gasteiger partial charge < -0.3 is 26.3 Å². The van der Waals surface area contributed by atoms with Crippen molar-refractivity contribution < 1.29 is 19.5 Å². The van der Waals surface area contributed by atoms with Crippen molar-refractivity contribution in [1.29, 1.82) is 0 Å². The van der Waals surface area contributed by atoms with Crippen molar-refractivity contribution in [3.05, 3.63) is 29.8 Å². The van der Waals surface area contributed by atoms with E-state index in [0.29, 0.717) is 6.61 Å². The van der Waals surface area contributed by atoms with Crippen LogP contribution >= 0.6 is 0 Å². The molecule has 0 bridgehead atoms. The Kier molecular flexibility index (Phi) is 17.9. The molecule has 0 spiro atoms. The Balaban J connectivity index is 2.67. The minimum absolute atomic E-state index is 0.0645. The first-order valence-electron chi connectivity index (χ1n) is 15.0. The maximum Gasteiger partial charge on any atom is 0.243 e. The Labute approximate surface area is 236 Å². The number of nitrogens with one attached hydrogen (secondary N) is 2. The number of carbonyl (C=O) groups is 2. The number of rotatable bonds is 21. The molecule has 0 aliphatic heterocycles. The molecule has 1 rings (SSSR count). The van der Waals surface area contributed by atoms with Crippen LogP contribution in [0.5, 0.6) is 5.75 Å². The normalized spacial score (nSPS) is 14.6. The van der Waals surface area contributed by atoms with Gasteiger partial charge in [-0.25, -0.2) is 0 Å².